The summed E-state index contributed by atoms with van der Waals surface area (Å²) < 4.78 is 7.40. The van der Waals surface area contributed by atoms with E-state index in [0.717, 1.165) is 28.3 Å². The van der Waals surface area contributed by atoms with Gasteiger partial charge in [0.2, 0.25) is 0 Å². The lowest BCUT2D eigenvalue weighted by molar-refractivity contribution is 0.414. The molecule has 0 atom stereocenters. The van der Waals surface area contributed by atoms with Crippen molar-refractivity contribution in [3.63, 3.8) is 0 Å². The summed E-state index contributed by atoms with van der Waals surface area (Å²) in [7, 11) is 1.67. The predicted molar refractivity (Wildman–Crippen MR) is 81.9 cm³/mol. The third-order valence-corrected chi connectivity index (χ3v) is 3.62. The first kappa shape index (κ1) is 13.0. The normalized spacial score (nSPS) is 10.9. The molecule has 1 heterocycles. The Morgan fingerprint density at radius 2 is 2.00 bits per heavy atom. The number of nitrogens with zero attached hydrogens (tertiary/aromatic N) is 2. The number of imidazole rings is 1. The number of hydrogen-bond donors (Lipinski definition) is 0. The monoisotopic (exact) mass is 286 g/mol. The molecule has 0 aliphatic carbocycles. The highest BCUT2D eigenvalue weighted by atomic mass is 35.5. The van der Waals surface area contributed by atoms with E-state index < -0.39 is 0 Å². The lowest BCUT2D eigenvalue weighted by Crippen LogP contribution is -2.00. The number of alkyl halides is 1. The topological polar surface area (TPSA) is 27.1 Å². The van der Waals surface area contributed by atoms with Gasteiger partial charge in [-0.25, -0.2) is 4.98 Å². The number of aryl methyl sites for hydroxylation is 1. The van der Waals surface area contributed by atoms with Gasteiger partial charge in [-0.1, -0.05) is 18.2 Å². The fourth-order valence-corrected chi connectivity index (χ4v) is 2.64. The van der Waals surface area contributed by atoms with Crippen molar-refractivity contribution < 1.29 is 4.74 Å². The molecule has 0 N–H and O–H groups in total. The molecule has 0 fully saturated rings. The first-order valence-electron chi connectivity index (χ1n) is 6.42. The van der Waals surface area contributed by atoms with Gasteiger partial charge in [0.05, 0.1) is 29.7 Å². The standard InChI is InChI=1S/C16H15ClN2O/c1-11-5-3-8-14-16(11)19(15(10-17)18-14)12-6-4-7-13(9-12)20-2/h3-9H,10H2,1-2H3. The van der Waals surface area contributed by atoms with Crippen LogP contribution in [0.3, 0.4) is 0 Å². The molecule has 0 amide bonds. The van der Waals surface area contributed by atoms with E-state index in [1.807, 2.05) is 36.4 Å². The van der Waals surface area contributed by atoms with E-state index in [9.17, 15) is 0 Å². The van der Waals surface area contributed by atoms with E-state index in [0.29, 0.717) is 5.88 Å². The zero-order valence-corrected chi connectivity index (χ0v) is 12.2. The average Bonchev–Trinajstić information content (AvgIpc) is 2.87. The molecule has 0 saturated carbocycles. The Labute approximate surface area is 122 Å². The molecule has 3 nitrogen and oxygen atoms in total. The van der Waals surface area contributed by atoms with E-state index in [2.05, 4.69) is 22.5 Å². The third-order valence-electron chi connectivity index (χ3n) is 3.38. The maximum absolute atomic E-state index is 6.06. The second-order valence-electron chi connectivity index (χ2n) is 4.64. The lowest BCUT2D eigenvalue weighted by atomic mass is 10.2. The maximum Gasteiger partial charge on any atom is 0.129 e. The van der Waals surface area contributed by atoms with Crippen LogP contribution in [0, 0.1) is 6.92 Å². The predicted octanol–water partition coefficient (Wildman–Crippen LogP) is 4.08. The Hall–Kier alpha value is -2.00. The van der Waals surface area contributed by atoms with Gasteiger partial charge in [-0.15, -0.1) is 11.6 Å². The largest absolute Gasteiger partial charge is 0.497 e. The van der Waals surface area contributed by atoms with Crippen molar-refractivity contribution in [3.05, 3.63) is 53.9 Å². The van der Waals surface area contributed by atoms with Crippen LogP contribution >= 0.6 is 11.6 Å². The summed E-state index contributed by atoms with van der Waals surface area (Å²) in [6.45, 7) is 2.08. The molecule has 3 rings (SSSR count). The molecule has 0 radical (unpaired) electrons. The maximum atomic E-state index is 6.06. The molecule has 0 unspecified atom stereocenters. The molecule has 0 bridgehead atoms. The van der Waals surface area contributed by atoms with Gasteiger partial charge in [-0.2, -0.15) is 0 Å². The zero-order valence-electron chi connectivity index (χ0n) is 11.4. The second-order valence-corrected chi connectivity index (χ2v) is 4.91. The molecule has 102 valence electrons. The van der Waals surface area contributed by atoms with Crippen LogP contribution in [-0.4, -0.2) is 16.7 Å². The summed E-state index contributed by atoms with van der Waals surface area (Å²) in [6, 6.07) is 14.0. The Balaban J connectivity index is 2.33. The minimum Gasteiger partial charge on any atom is -0.497 e. The van der Waals surface area contributed by atoms with E-state index in [1.165, 1.54) is 5.56 Å². The van der Waals surface area contributed by atoms with Gasteiger partial charge in [0.25, 0.3) is 0 Å². The third kappa shape index (κ3) is 2.04. The number of halogens is 1. The molecule has 3 aromatic rings. The van der Waals surface area contributed by atoms with Crippen molar-refractivity contribution in [2.45, 2.75) is 12.8 Å². The van der Waals surface area contributed by atoms with Crippen LogP contribution in [0.5, 0.6) is 5.75 Å². The van der Waals surface area contributed by atoms with Gasteiger partial charge in [0, 0.05) is 6.07 Å². The molecule has 1 aromatic heterocycles. The molecule has 0 aliphatic rings. The van der Waals surface area contributed by atoms with E-state index in [4.69, 9.17) is 16.3 Å². The molecule has 20 heavy (non-hydrogen) atoms. The number of hydrogen-bond acceptors (Lipinski definition) is 2. The van der Waals surface area contributed by atoms with Gasteiger partial charge in [-0.3, -0.25) is 4.57 Å². The fraction of sp³-hybridized carbons (Fsp3) is 0.188. The summed E-state index contributed by atoms with van der Waals surface area (Å²) in [5.74, 6) is 2.02. The number of methoxy groups -OCH3 is 1. The molecule has 0 saturated heterocycles. The lowest BCUT2D eigenvalue weighted by Gasteiger charge is -2.10. The van der Waals surface area contributed by atoms with Crippen LogP contribution in [-0.2, 0) is 5.88 Å². The Morgan fingerprint density at radius 3 is 2.75 bits per heavy atom. The Bertz CT molecular complexity index is 764. The van der Waals surface area contributed by atoms with Gasteiger partial charge in [0.15, 0.2) is 0 Å². The van der Waals surface area contributed by atoms with Crippen molar-refractivity contribution in [3.8, 4) is 11.4 Å². The molecule has 0 spiro atoms. The molecule has 0 aliphatic heterocycles. The highest BCUT2D eigenvalue weighted by Crippen LogP contribution is 2.27. The zero-order chi connectivity index (χ0) is 14.1. The number of rotatable bonds is 3. The second kappa shape index (κ2) is 5.17. The first-order valence-corrected chi connectivity index (χ1v) is 6.95. The molecular formula is C16H15ClN2O. The SMILES string of the molecule is COc1cccc(-n2c(CCl)nc3cccc(C)c32)c1. The van der Waals surface area contributed by atoms with Crippen molar-refractivity contribution in [1.29, 1.82) is 0 Å². The quantitative estimate of drug-likeness (QED) is 0.678. The molecular weight excluding hydrogens is 272 g/mol. The van der Waals surface area contributed by atoms with Crippen LogP contribution in [0.25, 0.3) is 16.7 Å². The van der Waals surface area contributed by atoms with Gasteiger partial charge in [-0.05, 0) is 30.7 Å². The van der Waals surface area contributed by atoms with Crippen molar-refractivity contribution >= 4 is 22.6 Å². The minimum atomic E-state index is 0.366. The average molecular weight is 287 g/mol. The summed E-state index contributed by atoms with van der Waals surface area (Å²) in [4.78, 5) is 4.61. The summed E-state index contributed by atoms with van der Waals surface area (Å²) in [5.41, 5.74) is 4.24. The van der Waals surface area contributed by atoms with Crippen LogP contribution in [0.4, 0.5) is 0 Å². The number of ether oxygens (including phenoxy) is 1. The molecule has 4 heteroatoms. The number of aromatic nitrogens is 2. The van der Waals surface area contributed by atoms with Gasteiger partial charge < -0.3 is 4.74 Å². The number of benzene rings is 2. The van der Waals surface area contributed by atoms with E-state index in [1.54, 1.807) is 7.11 Å². The van der Waals surface area contributed by atoms with Gasteiger partial charge >= 0.3 is 0 Å². The van der Waals surface area contributed by atoms with Crippen molar-refractivity contribution in [2.24, 2.45) is 0 Å². The van der Waals surface area contributed by atoms with Crippen molar-refractivity contribution in [1.82, 2.24) is 9.55 Å². The van der Waals surface area contributed by atoms with Crippen molar-refractivity contribution in [2.75, 3.05) is 7.11 Å². The summed E-state index contributed by atoms with van der Waals surface area (Å²) in [6.07, 6.45) is 0. The first-order chi connectivity index (χ1) is 9.74. The summed E-state index contributed by atoms with van der Waals surface area (Å²) in [5, 5.41) is 0. The van der Waals surface area contributed by atoms with Crippen LogP contribution in [0.1, 0.15) is 11.4 Å². The van der Waals surface area contributed by atoms with Gasteiger partial charge in [0.1, 0.15) is 11.6 Å². The summed E-state index contributed by atoms with van der Waals surface area (Å²) >= 11 is 6.06. The smallest absolute Gasteiger partial charge is 0.129 e. The fourth-order valence-electron chi connectivity index (χ4n) is 2.46. The van der Waals surface area contributed by atoms with E-state index in [-0.39, 0.29) is 0 Å². The Kier molecular flexibility index (Phi) is 3.36. The van der Waals surface area contributed by atoms with Crippen LogP contribution < -0.4 is 4.74 Å². The molecule has 2 aromatic carbocycles. The van der Waals surface area contributed by atoms with Crippen LogP contribution in [0.15, 0.2) is 42.5 Å². The number of fused-ring (bicyclic) bond motifs is 1. The highest BCUT2D eigenvalue weighted by Gasteiger charge is 2.13. The highest BCUT2D eigenvalue weighted by molar-refractivity contribution is 6.17. The van der Waals surface area contributed by atoms with Crippen LogP contribution in [0.2, 0.25) is 0 Å². The number of para-hydroxylation sites is 1. The minimum absolute atomic E-state index is 0.366. The van der Waals surface area contributed by atoms with E-state index >= 15 is 0 Å². The Morgan fingerprint density at radius 1 is 1.20 bits per heavy atom.